The molecule has 0 aliphatic heterocycles. The molecule has 1 heterocycles. The first-order valence-corrected chi connectivity index (χ1v) is 16.9. The Balaban J connectivity index is 1.78. The van der Waals surface area contributed by atoms with Gasteiger partial charge in [0.1, 0.15) is 0 Å². The summed E-state index contributed by atoms with van der Waals surface area (Å²) in [5.74, 6) is 0. The van der Waals surface area contributed by atoms with Crippen LogP contribution in [0.4, 0.5) is 0 Å². The van der Waals surface area contributed by atoms with Crippen molar-refractivity contribution in [1.29, 1.82) is 0 Å². The van der Waals surface area contributed by atoms with Crippen LogP contribution in [-0.2, 0) is 0 Å². The normalized spacial score (nSPS) is 11.4. The summed E-state index contributed by atoms with van der Waals surface area (Å²) in [6, 6.07) is 66.5. The highest BCUT2D eigenvalue weighted by Gasteiger charge is 2.47. The zero-order valence-corrected chi connectivity index (χ0v) is 25.3. The molecule has 0 radical (unpaired) electrons. The van der Waals surface area contributed by atoms with Crippen molar-refractivity contribution in [2.75, 3.05) is 0 Å². The molecule has 0 unspecified atom stereocenters. The highest BCUT2D eigenvalue weighted by Crippen LogP contribution is 2.38. The maximum Gasteiger partial charge on any atom is 0.200 e. The SMILES string of the molecule is Cc1c(-c2ccccc2)c(-c2ccccc2)c([Si](c2ccccc2)(c2ccccc2)c2ccccc2)n1-c1ccccc1. The number of hydrogen-bond donors (Lipinski definition) is 0. The van der Waals surface area contributed by atoms with Crippen molar-refractivity contribution in [3.8, 4) is 27.9 Å². The molecule has 1 aromatic heterocycles. The molecule has 0 aliphatic rings. The first kappa shape index (κ1) is 26.7. The van der Waals surface area contributed by atoms with Crippen molar-refractivity contribution in [2.24, 2.45) is 0 Å². The third kappa shape index (κ3) is 4.57. The topological polar surface area (TPSA) is 4.93 Å². The molecule has 0 bridgehead atoms. The number of aromatic nitrogens is 1. The average molecular weight is 568 g/mol. The second kappa shape index (κ2) is 11.6. The van der Waals surface area contributed by atoms with Gasteiger partial charge in [-0.3, -0.25) is 0 Å². The molecule has 6 aromatic carbocycles. The van der Waals surface area contributed by atoms with Crippen molar-refractivity contribution in [2.45, 2.75) is 6.92 Å². The first-order valence-electron chi connectivity index (χ1n) is 14.9. The van der Waals surface area contributed by atoms with Gasteiger partial charge in [-0.05, 0) is 45.7 Å². The van der Waals surface area contributed by atoms with Gasteiger partial charge in [0.15, 0.2) is 0 Å². The van der Waals surface area contributed by atoms with Crippen LogP contribution in [0.15, 0.2) is 182 Å². The Morgan fingerprint density at radius 2 is 0.698 bits per heavy atom. The van der Waals surface area contributed by atoms with E-state index in [1.807, 2.05) is 0 Å². The lowest BCUT2D eigenvalue weighted by atomic mass is 9.97. The first-order chi connectivity index (χ1) is 21.3. The Morgan fingerprint density at radius 1 is 0.372 bits per heavy atom. The number of hydrogen-bond acceptors (Lipinski definition) is 0. The zero-order valence-electron chi connectivity index (χ0n) is 24.3. The third-order valence-electron chi connectivity index (χ3n) is 8.52. The van der Waals surface area contributed by atoms with Gasteiger partial charge in [0, 0.05) is 27.8 Å². The summed E-state index contributed by atoms with van der Waals surface area (Å²) in [6.45, 7) is 2.30. The van der Waals surface area contributed by atoms with Crippen molar-refractivity contribution in [3.63, 3.8) is 0 Å². The van der Waals surface area contributed by atoms with Crippen LogP contribution in [0.1, 0.15) is 5.69 Å². The maximum absolute atomic E-state index is 2.94. The van der Waals surface area contributed by atoms with Crippen LogP contribution in [0, 0.1) is 6.92 Å². The fourth-order valence-corrected chi connectivity index (χ4v) is 11.9. The summed E-state index contributed by atoms with van der Waals surface area (Å²) in [6.07, 6.45) is 0. The van der Waals surface area contributed by atoms with Crippen LogP contribution in [0.25, 0.3) is 27.9 Å². The summed E-state index contributed by atoms with van der Waals surface area (Å²) in [7, 11) is -2.94. The van der Waals surface area contributed by atoms with Gasteiger partial charge in [-0.2, -0.15) is 0 Å². The fourth-order valence-electron chi connectivity index (χ4n) is 6.76. The molecule has 0 aliphatic carbocycles. The van der Waals surface area contributed by atoms with E-state index in [9.17, 15) is 0 Å². The largest absolute Gasteiger partial charge is 0.320 e. The molecule has 0 amide bonds. The van der Waals surface area contributed by atoms with Crippen LogP contribution in [0.2, 0.25) is 0 Å². The molecule has 0 fully saturated rings. The van der Waals surface area contributed by atoms with Gasteiger partial charge in [0.25, 0.3) is 0 Å². The lowest BCUT2D eigenvalue weighted by Gasteiger charge is -2.36. The zero-order chi connectivity index (χ0) is 29.1. The van der Waals surface area contributed by atoms with Crippen molar-refractivity contribution < 1.29 is 0 Å². The van der Waals surface area contributed by atoms with E-state index in [1.54, 1.807) is 0 Å². The summed E-state index contributed by atoms with van der Waals surface area (Å²) in [5, 5.41) is 5.45. The van der Waals surface area contributed by atoms with E-state index in [0.717, 1.165) is 0 Å². The molecule has 0 N–H and O–H groups in total. The molecule has 7 aromatic rings. The van der Waals surface area contributed by atoms with Gasteiger partial charge < -0.3 is 4.57 Å². The van der Waals surface area contributed by atoms with Crippen LogP contribution >= 0.6 is 0 Å². The predicted octanol–water partition coefficient (Wildman–Crippen LogP) is 7.50. The fraction of sp³-hybridized carbons (Fsp3) is 0.0244. The Kier molecular flexibility index (Phi) is 7.20. The number of benzene rings is 6. The van der Waals surface area contributed by atoms with Crippen LogP contribution < -0.4 is 20.9 Å². The van der Waals surface area contributed by atoms with E-state index >= 15 is 0 Å². The molecule has 0 saturated heterocycles. The van der Waals surface area contributed by atoms with Gasteiger partial charge in [0.05, 0.1) is 0 Å². The summed E-state index contributed by atoms with van der Waals surface area (Å²) < 4.78 is 2.57. The highest BCUT2D eigenvalue weighted by atomic mass is 28.3. The highest BCUT2D eigenvalue weighted by molar-refractivity contribution is 7.20. The summed E-state index contributed by atoms with van der Waals surface area (Å²) >= 11 is 0. The number of para-hydroxylation sites is 1. The molecule has 0 atom stereocenters. The van der Waals surface area contributed by atoms with E-state index in [1.165, 1.54) is 54.5 Å². The second-order valence-corrected chi connectivity index (χ2v) is 14.6. The molecular weight excluding hydrogens is 535 g/mol. The summed E-state index contributed by atoms with van der Waals surface area (Å²) in [5.41, 5.74) is 7.46. The minimum Gasteiger partial charge on any atom is -0.320 e. The average Bonchev–Trinajstić information content (AvgIpc) is 3.40. The van der Waals surface area contributed by atoms with Crippen molar-refractivity contribution in [3.05, 3.63) is 188 Å². The van der Waals surface area contributed by atoms with Crippen LogP contribution in [-0.4, -0.2) is 12.6 Å². The molecule has 43 heavy (non-hydrogen) atoms. The molecular formula is C41H33NSi. The molecule has 0 saturated carbocycles. The Morgan fingerprint density at radius 3 is 1.09 bits per heavy atom. The Hall–Kier alpha value is -5.18. The van der Waals surface area contributed by atoms with Gasteiger partial charge in [-0.15, -0.1) is 0 Å². The monoisotopic (exact) mass is 567 g/mol. The molecule has 1 nitrogen and oxygen atoms in total. The van der Waals surface area contributed by atoms with Crippen molar-refractivity contribution in [1.82, 2.24) is 4.57 Å². The molecule has 0 spiro atoms. The van der Waals surface area contributed by atoms with Gasteiger partial charge in [-0.1, -0.05) is 170 Å². The lowest BCUT2D eigenvalue weighted by Crippen LogP contribution is -2.76. The van der Waals surface area contributed by atoms with Crippen LogP contribution in [0.3, 0.4) is 0 Å². The van der Waals surface area contributed by atoms with Gasteiger partial charge in [-0.25, -0.2) is 0 Å². The molecule has 7 rings (SSSR count). The van der Waals surface area contributed by atoms with Gasteiger partial charge in [0.2, 0.25) is 8.07 Å². The minimum atomic E-state index is -2.94. The standard InChI is InChI=1S/C41H33NSi/c1-32-39(33-20-8-2-9-21-33)40(34-22-10-3-11-23-34)41(42(32)35-24-12-4-13-25-35)43(36-26-14-5-15-27-36,37-28-16-6-17-29-37)38-30-18-7-19-31-38/h2-31H,1H3. The van der Waals surface area contributed by atoms with E-state index in [-0.39, 0.29) is 0 Å². The smallest absolute Gasteiger partial charge is 0.200 e. The van der Waals surface area contributed by atoms with E-state index in [2.05, 4.69) is 193 Å². The van der Waals surface area contributed by atoms with Crippen LogP contribution in [0.5, 0.6) is 0 Å². The quantitative estimate of drug-likeness (QED) is 0.139. The van der Waals surface area contributed by atoms with E-state index in [0.29, 0.717) is 0 Å². The second-order valence-electron chi connectivity index (χ2n) is 10.9. The van der Waals surface area contributed by atoms with Crippen molar-refractivity contribution >= 4 is 29.0 Å². The lowest BCUT2D eigenvalue weighted by molar-refractivity contribution is 1.04. The Bertz CT molecular complexity index is 1830. The van der Waals surface area contributed by atoms with E-state index in [4.69, 9.17) is 0 Å². The molecule has 206 valence electrons. The number of rotatable bonds is 7. The predicted molar refractivity (Wildman–Crippen MR) is 185 cm³/mol. The summed E-state index contributed by atoms with van der Waals surface area (Å²) in [4.78, 5) is 0. The van der Waals surface area contributed by atoms with Gasteiger partial charge >= 0.3 is 0 Å². The minimum absolute atomic E-state index is 1.18. The molecule has 2 heteroatoms. The van der Waals surface area contributed by atoms with E-state index < -0.39 is 8.07 Å². The maximum atomic E-state index is 2.57. The third-order valence-corrected chi connectivity index (χ3v) is 13.3. The Labute approximate surface area is 255 Å². The number of nitrogens with zero attached hydrogens (tertiary/aromatic N) is 1.